The Kier molecular flexibility index (Phi) is 6.02. The van der Waals surface area contributed by atoms with Gasteiger partial charge in [-0.15, -0.1) is 0 Å². The van der Waals surface area contributed by atoms with Crippen molar-refractivity contribution >= 4 is 46.4 Å². The maximum atomic E-state index is 13.5. The number of methoxy groups -OCH3 is 2. The molecule has 0 radical (unpaired) electrons. The van der Waals surface area contributed by atoms with E-state index in [9.17, 15) is 9.59 Å². The summed E-state index contributed by atoms with van der Waals surface area (Å²) >= 11 is 7.23. The molecule has 0 aromatic heterocycles. The van der Waals surface area contributed by atoms with Crippen LogP contribution >= 0.6 is 23.4 Å². The summed E-state index contributed by atoms with van der Waals surface area (Å²) in [5.41, 5.74) is 1.38. The van der Waals surface area contributed by atoms with Gasteiger partial charge in [-0.05, 0) is 42.0 Å². The minimum Gasteiger partial charge on any atom is -0.497 e. The average Bonchev–Trinajstić information content (AvgIpc) is 3.04. The molecular formula is C24H18ClNO4S. The monoisotopic (exact) mass is 451 g/mol. The molecule has 0 atom stereocenters. The van der Waals surface area contributed by atoms with Gasteiger partial charge in [-0.2, -0.15) is 0 Å². The first-order chi connectivity index (χ1) is 15.0. The Morgan fingerprint density at radius 3 is 2.19 bits per heavy atom. The van der Waals surface area contributed by atoms with Crippen LogP contribution in [0.5, 0.6) is 11.5 Å². The van der Waals surface area contributed by atoms with Crippen LogP contribution in [0.3, 0.4) is 0 Å². The number of ether oxygens (including phenoxy) is 2. The normalized spacial score (nSPS) is 13.7. The molecule has 5 nitrogen and oxygen atoms in total. The van der Waals surface area contributed by atoms with Gasteiger partial charge in [-0.1, -0.05) is 53.7 Å². The van der Waals surface area contributed by atoms with E-state index in [-0.39, 0.29) is 0 Å². The quantitative estimate of drug-likeness (QED) is 0.467. The summed E-state index contributed by atoms with van der Waals surface area (Å²) in [6.45, 7) is 0. The minimum atomic E-state index is -0.410. The number of hydrogen-bond acceptors (Lipinski definition) is 5. The van der Waals surface area contributed by atoms with Crippen LogP contribution < -0.4 is 14.4 Å². The molecule has 0 saturated carbocycles. The van der Waals surface area contributed by atoms with Crippen LogP contribution in [-0.2, 0) is 9.59 Å². The molecule has 0 fully saturated rings. The molecule has 2 amide bonds. The number of amides is 2. The predicted molar refractivity (Wildman–Crippen MR) is 123 cm³/mol. The van der Waals surface area contributed by atoms with Crippen molar-refractivity contribution in [1.82, 2.24) is 0 Å². The third-order valence-corrected chi connectivity index (χ3v) is 6.11. The fourth-order valence-electron chi connectivity index (χ4n) is 3.27. The number of imide groups is 1. The number of carbonyl (C=O) groups excluding carboxylic acids is 2. The van der Waals surface area contributed by atoms with Gasteiger partial charge >= 0.3 is 0 Å². The standard InChI is InChI=1S/C24H18ClNO4S/c1-29-17-10-13-19(20(14-17)30-2)26-23(27)21(15-6-4-3-5-7-15)22(24(26)28)31-18-11-8-16(25)9-12-18/h3-14H,1-2H3. The Hall–Kier alpha value is -3.22. The number of hydrogen-bond donors (Lipinski definition) is 0. The fourth-order valence-corrected chi connectivity index (χ4v) is 4.39. The first kappa shape index (κ1) is 21.0. The number of benzene rings is 3. The highest BCUT2D eigenvalue weighted by molar-refractivity contribution is 8.04. The summed E-state index contributed by atoms with van der Waals surface area (Å²) in [6.07, 6.45) is 0. The van der Waals surface area contributed by atoms with Crippen molar-refractivity contribution in [3.8, 4) is 11.5 Å². The van der Waals surface area contributed by atoms with Crippen molar-refractivity contribution < 1.29 is 19.1 Å². The van der Waals surface area contributed by atoms with E-state index >= 15 is 0 Å². The van der Waals surface area contributed by atoms with Gasteiger partial charge in [0.15, 0.2) is 0 Å². The second-order valence-electron chi connectivity index (χ2n) is 6.61. The largest absolute Gasteiger partial charge is 0.497 e. The highest BCUT2D eigenvalue weighted by atomic mass is 35.5. The third-order valence-electron chi connectivity index (χ3n) is 4.77. The molecule has 0 N–H and O–H groups in total. The van der Waals surface area contributed by atoms with E-state index in [1.54, 1.807) is 30.3 Å². The lowest BCUT2D eigenvalue weighted by atomic mass is 10.1. The molecule has 156 valence electrons. The number of thioether (sulfide) groups is 1. The van der Waals surface area contributed by atoms with Gasteiger partial charge in [-0.3, -0.25) is 9.59 Å². The lowest BCUT2D eigenvalue weighted by Crippen LogP contribution is -2.31. The molecule has 7 heteroatoms. The van der Waals surface area contributed by atoms with Gasteiger partial charge in [0.2, 0.25) is 0 Å². The summed E-state index contributed by atoms with van der Waals surface area (Å²) in [6, 6.07) is 21.3. The average molecular weight is 452 g/mol. The summed E-state index contributed by atoms with van der Waals surface area (Å²) in [4.78, 5) is 29.3. The molecule has 1 heterocycles. The number of carbonyl (C=O) groups is 2. The highest BCUT2D eigenvalue weighted by Gasteiger charge is 2.41. The van der Waals surface area contributed by atoms with Crippen LogP contribution in [0.15, 0.2) is 82.6 Å². The number of rotatable bonds is 6. The lowest BCUT2D eigenvalue weighted by Gasteiger charge is -2.19. The van der Waals surface area contributed by atoms with Crippen LogP contribution in [0.2, 0.25) is 5.02 Å². The summed E-state index contributed by atoms with van der Waals surface area (Å²) < 4.78 is 10.7. The minimum absolute atomic E-state index is 0.344. The SMILES string of the molecule is COc1ccc(N2C(=O)C(Sc3ccc(Cl)cc3)=C(c3ccccc3)C2=O)c(OC)c1. The second kappa shape index (κ2) is 8.88. The van der Waals surface area contributed by atoms with Gasteiger partial charge in [-0.25, -0.2) is 4.90 Å². The number of halogens is 1. The maximum absolute atomic E-state index is 13.5. The van der Waals surface area contributed by atoms with Gasteiger partial charge in [0.1, 0.15) is 11.5 Å². The Bertz CT molecular complexity index is 1180. The van der Waals surface area contributed by atoms with Crippen molar-refractivity contribution in [3.05, 3.63) is 88.3 Å². The molecule has 0 bridgehead atoms. The topological polar surface area (TPSA) is 55.8 Å². The molecule has 0 saturated heterocycles. The van der Waals surface area contributed by atoms with E-state index in [0.717, 1.165) is 9.80 Å². The summed E-state index contributed by atoms with van der Waals surface area (Å²) in [5.74, 6) is 0.112. The molecule has 0 unspecified atom stereocenters. The molecule has 1 aliphatic rings. The summed E-state index contributed by atoms with van der Waals surface area (Å²) in [7, 11) is 3.02. The van der Waals surface area contributed by atoms with Gasteiger partial charge < -0.3 is 9.47 Å². The van der Waals surface area contributed by atoms with E-state index < -0.39 is 11.8 Å². The smallest absolute Gasteiger partial charge is 0.273 e. The molecule has 4 rings (SSSR count). The zero-order chi connectivity index (χ0) is 22.0. The second-order valence-corrected chi connectivity index (χ2v) is 8.13. The van der Waals surface area contributed by atoms with Gasteiger partial charge in [0, 0.05) is 16.0 Å². The van der Waals surface area contributed by atoms with Crippen LogP contribution in [0.4, 0.5) is 5.69 Å². The summed E-state index contributed by atoms with van der Waals surface area (Å²) in [5, 5.41) is 0.597. The first-order valence-electron chi connectivity index (χ1n) is 9.37. The molecular weight excluding hydrogens is 434 g/mol. The molecule has 0 aliphatic carbocycles. The van der Waals surface area contributed by atoms with Crippen molar-refractivity contribution in [2.24, 2.45) is 0 Å². The molecule has 0 spiro atoms. The Morgan fingerprint density at radius 1 is 0.839 bits per heavy atom. The zero-order valence-electron chi connectivity index (χ0n) is 16.8. The lowest BCUT2D eigenvalue weighted by molar-refractivity contribution is -0.119. The maximum Gasteiger partial charge on any atom is 0.273 e. The van der Waals surface area contributed by atoms with Crippen molar-refractivity contribution in [2.45, 2.75) is 4.90 Å². The van der Waals surface area contributed by atoms with Crippen molar-refractivity contribution in [3.63, 3.8) is 0 Å². The van der Waals surface area contributed by atoms with E-state index in [2.05, 4.69) is 0 Å². The predicted octanol–water partition coefficient (Wildman–Crippen LogP) is 5.43. The van der Waals surface area contributed by atoms with Gasteiger partial charge in [0.05, 0.1) is 30.4 Å². The van der Waals surface area contributed by atoms with Crippen molar-refractivity contribution in [2.75, 3.05) is 19.1 Å². The van der Waals surface area contributed by atoms with Crippen LogP contribution in [0.25, 0.3) is 5.57 Å². The van der Waals surface area contributed by atoms with Gasteiger partial charge in [0.25, 0.3) is 11.8 Å². The molecule has 1 aliphatic heterocycles. The third kappa shape index (κ3) is 4.04. The number of anilines is 1. The first-order valence-corrected chi connectivity index (χ1v) is 10.6. The van der Waals surface area contributed by atoms with E-state index in [4.69, 9.17) is 21.1 Å². The Labute approximate surface area is 189 Å². The Morgan fingerprint density at radius 2 is 1.55 bits per heavy atom. The Balaban J connectivity index is 1.82. The van der Waals surface area contributed by atoms with E-state index in [1.165, 1.54) is 26.0 Å². The van der Waals surface area contributed by atoms with Crippen molar-refractivity contribution in [1.29, 1.82) is 0 Å². The fraction of sp³-hybridized carbons (Fsp3) is 0.0833. The van der Waals surface area contributed by atoms with E-state index in [1.807, 2.05) is 42.5 Å². The van der Waals surface area contributed by atoms with Crippen LogP contribution in [0.1, 0.15) is 5.56 Å². The van der Waals surface area contributed by atoms with Crippen LogP contribution in [0, 0.1) is 0 Å². The van der Waals surface area contributed by atoms with Crippen LogP contribution in [-0.4, -0.2) is 26.0 Å². The molecule has 31 heavy (non-hydrogen) atoms. The number of nitrogens with zero attached hydrogens (tertiary/aromatic N) is 1. The zero-order valence-corrected chi connectivity index (χ0v) is 18.4. The molecule has 3 aromatic carbocycles. The highest BCUT2D eigenvalue weighted by Crippen LogP contribution is 2.44. The van der Waals surface area contributed by atoms with E-state index in [0.29, 0.717) is 38.3 Å². The molecule has 3 aromatic rings.